The highest BCUT2D eigenvalue weighted by atomic mass is 35.5. The molecule has 0 spiro atoms. The minimum Gasteiger partial charge on any atom is -0.495 e. The van der Waals surface area contributed by atoms with Crippen LogP contribution >= 0.6 is 11.6 Å². The normalized spacial score (nSPS) is 11.8. The first kappa shape index (κ1) is 26.9. The lowest BCUT2D eigenvalue weighted by Crippen LogP contribution is -2.33. The molecule has 0 radical (unpaired) electrons. The van der Waals surface area contributed by atoms with Gasteiger partial charge in [-0.15, -0.1) is 0 Å². The molecule has 33 heavy (non-hydrogen) atoms. The van der Waals surface area contributed by atoms with Gasteiger partial charge in [0.15, 0.2) is 0 Å². The molecular weight excluding hydrogens is 494 g/mol. The third-order valence-corrected chi connectivity index (χ3v) is 8.26. The van der Waals surface area contributed by atoms with E-state index in [-0.39, 0.29) is 53.3 Å². The predicted octanol–water partition coefficient (Wildman–Crippen LogP) is 1.29. The molecule has 10 nitrogen and oxygen atoms in total. The van der Waals surface area contributed by atoms with E-state index in [4.69, 9.17) is 21.4 Å². The van der Waals surface area contributed by atoms with Crippen molar-refractivity contribution in [2.45, 2.75) is 16.2 Å². The molecule has 0 aromatic heterocycles. The van der Waals surface area contributed by atoms with E-state index in [1.54, 1.807) is 0 Å². The molecule has 182 valence electrons. The summed E-state index contributed by atoms with van der Waals surface area (Å²) >= 11 is 5.83. The number of aliphatic hydroxyl groups is 1. The van der Waals surface area contributed by atoms with Gasteiger partial charge in [-0.1, -0.05) is 11.6 Å². The maximum absolute atomic E-state index is 13.0. The predicted molar refractivity (Wildman–Crippen MR) is 125 cm³/mol. The Morgan fingerprint density at radius 2 is 1.67 bits per heavy atom. The molecule has 0 bridgehead atoms. The average Bonchev–Trinajstić information content (AvgIpc) is 2.78. The molecule has 0 saturated heterocycles. The number of methoxy groups -OCH3 is 1. The largest absolute Gasteiger partial charge is 0.495 e. The zero-order valence-electron chi connectivity index (χ0n) is 18.4. The van der Waals surface area contributed by atoms with Crippen LogP contribution in [-0.4, -0.2) is 73.7 Å². The number of carbonyl (C=O) groups is 1. The van der Waals surface area contributed by atoms with Crippen molar-refractivity contribution in [2.75, 3.05) is 45.2 Å². The molecule has 0 saturated carbocycles. The Morgan fingerprint density at radius 1 is 1.06 bits per heavy atom. The Hall–Kier alpha value is -2.38. The standard InChI is InChI=1S/C20H26ClN3O7S2/c1-23(12-13-25)20(26)10-11-22-32(27,28)17-8-9-19(31-3)18(14-17)24(2)33(29,30)16-6-4-15(21)5-7-16/h4-9,14,22,25H,10-13H2,1-3H3. The van der Waals surface area contributed by atoms with E-state index in [1.165, 1.54) is 68.6 Å². The van der Waals surface area contributed by atoms with Gasteiger partial charge in [-0.2, -0.15) is 0 Å². The van der Waals surface area contributed by atoms with Gasteiger partial charge in [-0.05, 0) is 42.5 Å². The van der Waals surface area contributed by atoms with Crippen molar-refractivity contribution in [3.05, 3.63) is 47.5 Å². The number of ether oxygens (including phenoxy) is 1. The summed E-state index contributed by atoms with van der Waals surface area (Å²) in [6.07, 6.45) is -0.108. The Kier molecular flexibility index (Phi) is 9.09. The van der Waals surface area contributed by atoms with Gasteiger partial charge >= 0.3 is 0 Å². The van der Waals surface area contributed by atoms with E-state index < -0.39 is 20.0 Å². The van der Waals surface area contributed by atoms with Crippen molar-refractivity contribution < 1.29 is 31.5 Å². The summed E-state index contributed by atoms with van der Waals surface area (Å²) < 4.78 is 60.0. The molecule has 1 amide bonds. The van der Waals surface area contributed by atoms with Crippen LogP contribution in [0.15, 0.2) is 52.3 Å². The van der Waals surface area contributed by atoms with E-state index in [0.29, 0.717) is 5.02 Å². The van der Waals surface area contributed by atoms with Gasteiger partial charge < -0.3 is 14.7 Å². The van der Waals surface area contributed by atoms with Crippen LogP contribution in [0.5, 0.6) is 5.75 Å². The lowest BCUT2D eigenvalue weighted by molar-refractivity contribution is -0.130. The second kappa shape index (κ2) is 11.2. The minimum atomic E-state index is -4.06. The third kappa shape index (κ3) is 6.58. The number of halogens is 1. The van der Waals surface area contributed by atoms with Crippen LogP contribution in [0.3, 0.4) is 0 Å². The number of rotatable bonds is 11. The fraction of sp³-hybridized carbons (Fsp3) is 0.350. The molecule has 0 unspecified atom stereocenters. The van der Waals surface area contributed by atoms with Gasteiger partial charge in [-0.3, -0.25) is 9.10 Å². The second-order valence-corrected chi connectivity index (χ2v) is 11.1. The molecule has 0 aliphatic rings. The number of anilines is 1. The molecule has 2 aromatic carbocycles. The number of nitrogens with one attached hydrogen (secondary N) is 1. The van der Waals surface area contributed by atoms with Crippen molar-refractivity contribution in [1.29, 1.82) is 0 Å². The zero-order chi connectivity index (χ0) is 24.8. The molecule has 0 aliphatic carbocycles. The van der Waals surface area contributed by atoms with E-state index in [2.05, 4.69) is 4.72 Å². The molecule has 0 aliphatic heterocycles. The summed E-state index contributed by atoms with van der Waals surface area (Å²) in [6, 6.07) is 9.34. The number of carbonyl (C=O) groups excluding carboxylic acids is 1. The summed E-state index contributed by atoms with van der Waals surface area (Å²) in [5, 5.41) is 9.25. The summed E-state index contributed by atoms with van der Waals surface area (Å²) in [5.74, 6) is -0.189. The minimum absolute atomic E-state index is 0.00841. The lowest BCUT2D eigenvalue weighted by Gasteiger charge is -2.22. The Balaban J connectivity index is 2.29. The van der Waals surface area contributed by atoms with Crippen LogP contribution in [0.4, 0.5) is 5.69 Å². The average molecular weight is 520 g/mol. The van der Waals surface area contributed by atoms with Gasteiger partial charge in [0, 0.05) is 38.6 Å². The summed E-state index contributed by atoms with van der Waals surface area (Å²) in [6.45, 7) is -0.228. The number of amides is 1. The smallest absolute Gasteiger partial charge is 0.264 e. The van der Waals surface area contributed by atoms with Gasteiger partial charge in [0.25, 0.3) is 10.0 Å². The van der Waals surface area contributed by atoms with Crippen molar-refractivity contribution >= 4 is 43.2 Å². The number of sulfonamides is 2. The van der Waals surface area contributed by atoms with Crippen LogP contribution < -0.4 is 13.8 Å². The Bertz CT molecular complexity index is 1190. The summed E-state index contributed by atoms with van der Waals surface area (Å²) in [5.41, 5.74) is 0.00841. The van der Waals surface area contributed by atoms with E-state index in [1.807, 2.05) is 0 Å². The molecule has 13 heteroatoms. The van der Waals surface area contributed by atoms with Crippen LogP contribution in [0.1, 0.15) is 6.42 Å². The van der Waals surface area contributed by atoms with Gasteiger partial charge in [0.2, 0.25) is 15.9 Å². The van der Waals surface area contributed by atoms with E-state index >= 15 is 0 Å². The number of benzene rings is 2. The number of nitrogens with zero attached hydrogens (tertiary/aromatic N) is 2. The molecule has 0 atom stereocenters. The fourth-order valence-corrected chi connectivity index (χ4v) is 5.19. The van der Waals surface area contributed by atoms with Gasteiger partial charge in [0.05, 0.1) is 29.2 Å². The lowest BCUT2D eigenvalue weighted by atomic mass is 10.3. The summed E-state index contributed by atoms with van der Waals surface area (Å²) in [7, 11) is -3.98. The van der Waals surface area contributed by atoms with Crippen molar-refractivity contribution in [3.8, 4) is 5.75 Å². The van der Waals surface area contributed by atoms with E-state index in [9.17, 15) is 21.6 Å². The number of aliphatic hydroxyl groups excluding tert-OH is 1. The first-order valence-electron chi connectivity index (χ1n) is 9.71. The number of likely N-dealkylation sites (N-methyl/N-ethyl adjacent to an activating group) is 1. The SMILES string of the molecule is COc1ccc(S(=O)(=O)NCCC(=O)N(C)CCO)cc1N(C)S(=O)(=O)c1ccc(Cl)cc1. The van der Waals surface area contributed by atoms with Crippen molar-refractivity contribution in [1.82, 2.24) is 9.62 Å². The Labute approximate surface area is 198 Å². The monoisotopic (exact) mass is 519 g/mol. The first-order valence-corrected chi connectivity index (χ1v) is 13.0. The number of hydrogen-bond donors (Lipinski definition) is 2. The first-order chi connectivity index (χ1) is 15.4. The van der Waals surface area contributed by atoms with E-state index in [0.717, 1.165) is 4.31 Å². The van der Waals surface area contributed by atoms with Crippen LogP contribution in [0.2, 0.25) is 5.02 Å². The molecule has 2 rings (SSSR count). The van der Waals surface area contributed by atoms with Gasteiger partial charge in [-0.25, -0.2) is 21.6 Å². The van der Waals surface area contributed by atoms with Crippen LogP contribution in [0, 0.1) is 0 Å². The van der Waals surface area contributed by atoms with Gasteiger partial charge in [0.1, 0.15) is 5.75 Å². The molecular formula is C20H26ClN3O7S2. The zero-order valence-corrected chi connectivity index (χ0v) is 20.7. The molecule has 2 N–H and O–H groups in total. The fourth-order valence-electron chi connectivity index (χ4n) is 2.82. The highest BCUT2D eigenvalue weighted by molar-refractivity contribution is 7.92. The van der Waals surface area contributed by atoms with Crippen molar-refractivity contribution in [3.63, 3.8) is 0 Å². The maximum atomic E-state index is 13.0. The Morgan fingerprint density at radius 3 is 2.24 bits per heavy atom. The quantitative estimate of drug-likeness (QED) is 0.457. The molecule has 0 fully saturated rings. The highest BCUT2D eigenvalue weighted by Gasteiger charge is 2.26. The highest BCUT2D eigenvalue weighted by Crippen LogP contribution is 2.33. The third-order valence-electron chi connectivity index (χ3n) is 4.76. The molecule has 2 aromatic rings. The van der Waals surface area contributed by atoms with Crippen LogP contribution in [0.25, 0.3) is 0 Å². The van der Waals surface area contributed by atoms with Crippen molar-refractivity contribution in [2.24, 2.45) is 0 Å². The summed E-state index contributed by atoms with van der Waals surface area (Å²) in [4.78, 5) is 13.0. The number of hydrogen-bond acceptors (Lipinski definition) is 7. The molecule has 0 heterocycles. The topological polar surface area (TPSA) is 133 Å². The maximum Gasteiger partial charge on any atom is 0.264 e. The second-order valence-electron chi connectivity index (χ2n) is 6.95. The van der Waals surface area contributed by atoms with Crippen LogP contribution in [-0.2, 0) is 24.8 Å².